The Labute approximate surface area is 367 Å². The summed E-state index contributed by atoms with van der Waals surface area (Å²) in [5, 5.41) is 2.65. The van der Waals surface area contributed by atoms with Gasteiger partial charge in [0.25, 0.3) is 0 Å². The molecule has 2 atom stereocenters. The largest absolute Gasteiger partial charge is 0.248 e. The van der Waals surface area contributed by atoms with Crippen LogP contribution < -0.4 is 0 Å². The number of fused-ring (bicyclic) bond motifs is 6. The molecule has 4 heteroatoms. The number of nitrogens with zero attached hydrogens (tertiary/aromatic N) is 2. The van der Waals surface area contributed by atoms with Gasteiger partial charge in [0.05, 0.1) is 31.8 Å². The number of aromatic nitrogens is 2. The molecule has 2 nitrogen and oxygen atoms in total. The number of benzene rings is 1. The van der Waals surface area contributed by atoms with E-state index in [1.807, 2.05) is 22.7 Å². The fourth-order valence-corrected chi connectivity index (χ4v) is 11.7. The van der Waals surface area contributed by atoms with Crippen LogP contribution in [0, 0.1) is 13.8 Å². The molecule has 0 radical (unpaired) electrons. The Bertz CT molecular complexity index is 1530. The minimum absolute atomic E-state index is 0.446. The molecule has 0 aliphatic heterocycles. The third-order valence-electron chi connectivity index (χ3n) is 13.3. The van der Waals surface area contributed by atoms with Crippen molar-refractivity contribution in [3.8, 4) is 0 Å². The molecule has 1 aromatic carbocycles. The normalized spacial score (nSPS) is 13.1. The van der Waals surface area contributed by atoms with E-state index >= 15 is 0 Å². The molecule has 0 spiro atoms. The van der Waals surface area contributed by atoms with Gasteiger partial charge < -0.3 is 0 Å². The standard InChI is InChI=1S/C54H90N2S2/c1-7-9-11-13-15-17-19-21-23-25-27-29-31-33-35-37-39-43(3)49-50(44(4)40-38-36-34-32-30-28-26-24-22-20-18-16-14-12-10-8-2)56-52-48-42-46(6)58-54(48)53-47(51(52)55-49)41-45(5)57-53/h41-44H,7-40H2,1-6H3. The summed E-state index contributed by atoms with van der Waals surface area (Å²) in [5.41, 5.74) is 4.90. The summed E-state index contributed by atoms with van der Waals surface area (Å²) >= 11 is 3.88. The van der Waals surface area contributed by atoms with Gasteiger partial charge in [-0.3, -0.25) is 0 Å². The Kier molecular flexibility index (Phi) is 25.1. The van der Waals surface area contributed by atoms with E-state index in [-0.39, 0.29) is 0 Å². The van der Waals surface area contributed by atoms with Gasteiger partial charge in [-0.1, -0.05) is 233 Å². The van der Waals surface area contributed by atoms with Gasteiger partial charge in [-0.05, 0) is 38.8 Å². The van der Waals surface area contributed by atoms with E-state index in [0.29, 0.717) is 11.8 Å². The van der Waals surface area contributed by atoms with Crippen molar-refractivity contribution in [3.05, 3.63) is 33.3 Å². The molecule has 4 aromatic rings. The summed E-state index contributed by atoms with van der Waals surface area (Å²) < 4.78 is 2.83. The number of unbranched alkanes of at least 4 members (excludes halogenated alkanes) is 30. The van der Waals surface area contributed by atoms with Gasteiger partial charge in [-0.2, -0.15) is 0 Å². The number of hydrogen-bond donors (Lipinski definition) is 0. The highest BCUT2D eigenvalue weighted by atomic mass is 32.1. The first-order valence-corrected chi connectivity index (χ1v) is 27.2. The molecule has 0 saturated heterocycles. The van der Waals surface area contributed by atoms with Crippen molar-refractivity contribution in [2.24, 2.45) is 0 Å². The van der Waals surface area contributed by atoms with Crippen molar-refractivity contribution in [2.75, 3.05) is 0 Å². The van der Waals surface area contributed by atoms with Gasteiger partial charge in [-0.25, -0.2) is 9.97 Å². The van der Waals surface area contributed by atoms with Gasteiger partial charge in [0.15, 0.2) is 0 Å². The van der Waals surface area contributed by atoms with E-state index in [4.69, 9.17) is 9.97 Å². The van der Waals surface area contributed by atoms with Gasteiger partial charge >= 0.3 is 0 Å². The van der Waals surface area contributed by atoms with Crippen LogP contribution in [-0.2, 0) is 0 Å². The van der Waals surface area contributed by atoms with Crippen molar-refractivity contribution in [3.63, 3.8) is 0 Å². The quantitative estimate of drug-likeness (QED) is 0.0427. The SMILES string of the molecule is CCCCCCCCCCCCCCCCCCC(C)c1nc2c3cc(C)sc3c3sc(C)cc3c2nc1C(C)CCCCCCCCCCCCCCCCCC. The molecule has 0 bridgehead atoms. The zero-order chi connectivity index (χ0) is 41.2. The summed E-state index contributed by atoms with van der Waals surface area (Å²) in [6, 6.07) is 4.77. The first-order chi connectivity index (χ1) is 28.4. The lowest BCUT2D eigenvalue weighted by molar-refractivity contribution is 0.510. The zero-order valence-corrected chi connectivity index (χ0v) is 40.7. The maximum Gasteiger partial charge on any atom is 0.0984 e. The summed E-state index contributed by atoms with van der Waals surface area (Å²) in [6.45, 7) is 14.0. The lowest BCUT2D eigenvalue weighted by atomic mass is 9.90. The Morgan fingerprint density at radius 3 is 0.879 bits per heavy atom. The fraction of sp³-hybridized carbons (Fsp3) is 0.778. The Hall–Kier alpha value is -1.52. The minimum atomic E-state index is 0.446. The van der Waals surface area contributed by atoms with E-state index in [1.165, 1.54) is 260 Å². The van der Waals surface area contributed by atoms with Crippen LogP contribution in [-0.4, -0.2) is 9.97 Å². The maximum atomic E-state index is 5.66. The van der Waals surface area contributed by atoms with E-state index in [9.17, 15) is 0 Å². The van der Waals surface area contributed by atoms with Gasteiger partial charge in [0.2, 0.25) is 0 Å². The van der Waals surface area contributed by atoms with Crippen LogP contribution in [0.1, 0.15) is 279 Å². The fourth-order valence-electron chi connectivity index (χ4n) is 9.55. The Morgan fingerprint density at radius 1 is 0.379 bits per heavy atom. The summed E-state index contributed by atoms with van der Waals surface area (Å²) in [5.74, 6) is 0.892. The average Bonchev–Trinajstić information content (AvgIpc) is 3.82. The molecular formula is C54H90N2S2. The van der Waals surface area contributed by atoms with Crippen LogP contribution in [0.3, 0.4) is 0 Å². The summed E-state index contributed by atoms with van der Waals surface area (Å²) in [7, 11) is 0. The van der Waals surface area contributed by atoms with Crippen molar-refractivity contribution >= 4 is 53.9 Å². The molecule has 0 aliphatic carbocycles. The maximum absolute atomic E-state index is 5.66. The zero-order valence-electron chi connectivity index (χ0n) is 39.1. The van der Waals surface area contributed by atoms with Gasteiger partial charge in [0.1, 0.15) is 0 Å². The lowest BCUT2D eigenvalue weighted by Crippen LogP contribution is -2.10. The molecule has 0 N–H and O–H groups in total. The van der Waals surface area contributed by atoms with Crippen LogP contribution in [0.4, 0.5) is 0 Å². The third-order valence-corrected chi connectivity index (χ3v) is 15.6. The van der Waals surface area contributed by atoms with Gasteiger partial charge in [-0.15, -0.1) is 22.7 Å². The van der Waals surface area contributed by atoms with Gasteiger partial charge in [0, 0.05) is 32.4 Å². The molecule has 0 amide bonds. The van der Waals surface area contributed by atoms with E-state index in [1.54, 1.807) is 0 Å². The first-order valence-electron chi connectivity index (χ1n) is 25.6. The van der Waals surface area contributed by atoms with Crippen LogP contribution in [0.5, 0.6) is 0 Å². The molecular weight excluding hydrogens is 741 g/mol. The minimum Gasteiger partial charge on any atom is -0.248 e. The summed E-state index contributed by atoms with van der Waals surface area (Å²) in [4.78, 5) is 14.1. The molecule has 0 fully saturated rings. The van der Waals surface area contributed by atoms with Crippen molar-refractivity contribution in [1.82, 2.24) is 9.97 Å². The lowest BCUT2D eigenvalue weighted by Gasteiger charge is -2.21. The van der Waals surface area contributed by atoms with Crippen molar-refractivity contribution in [2.45, 2.75) is 272 Å². The van der Waals surface area contributed by atoms with E-state index in [2.05, 4.69) is 53.7 Å². The first kappa shape index (κ1) is 49.1. The van der Waals surface area contributed by atoms with E-state index in [0.717, 1.165) is 11.0 Å². The van der Waals surface area contributed by atoms with Crippen LogP contribution >= 0.6 is 22.7 Å². The number of thiophene rings is 2. The highest BCUT2D eigenvalue weighted by molar-refractivity contribution is 7.27. The second kappa shape index (κ2) is 29.7. The molecule has 0 aliphatic rings. The van der Waals surface area contributed by atoms with Crippen molar-refractivity contribution < 1.29 is 0 Å². The molecule has 328 valence electrons. The molecule has 3 aromatic heterocycles. The van der Waals surface area contributed by atoms with Crippen LogP contribution in [0.2, 0.25) is 0 Å². The van der Waals surface area contributed by atoms with Crippen molar-refractivity contribution in [1.29, 1.82) is 0 Å². The van der Waals surface area contributed by atoms with Crippen LogP contribution in [0.25, 0.3) is 31.2 Å². The predicted octanol–water partition coefficient (Wildman–Crippen LogP) is 20.2. The number of rotatable bonds is 36. The third kappa shape index (κ3) is 17.5. The number of hydrogen-bond acceptors (Lipinski definition) is 4. The van der Waals surface area contributed by atoms with E-state index < -0.39 is 0 Å². The Balaban J connectivity index is 1.22. The molecule has 58 heavy (non-hydrogen) atoms. The Morgan fingerprint density at radius 2 is 0.621 bits per heavy atom. The smallest absolute Gasteiger partial charge is 0.0984 e. The topological polar surface area (TPSA) is 25.8 Å². The van der Waals surface area contributed by atoms with Crippen LogP contribution in [0.15, 0.2) is 12.1 Å². The molecule has 2 unspecified atom stereocenters. The summed E-state index contributed by atoms with van der Waals surface area (Å²) in [6.07, 6.45) is 48.0. The highest BCUT2D eigenvalue weighted by Crippen LogP contribution is 2.43. The second-order valence-electron chi connectivity index (χ2n) is 18.9. The molecule has 4 rings (SSSR count). The molecule has 3 heterocycles. The average molecular weight is 831 g/mol. The number of aryl methyl sites for hydroxylation is 2. The highest BCUT2D eigenvalue weighted by Gasteiger charge is 2.23. The predicted molar refractivity (Wildman–Crippen MR) is 265 cm³/mol. The monoisotopic (exact) mass is 831 g/mol. The second-order valence-corrected chi connectivity index (χ2v) is 21.4. The molecule has 0 saturated carbocycles.